The second kappa shape index (κ2) is 8.86. The topological polar surface area (TPSA) is 65.4 Å². The number of aromatic nitrogens is 2. The first-order valence-electron chi connectivity index (χ1n) is 10.1. The van der Waals surface area contributed by atoms with E-state index in [0.29, 0.717) is 17.3 Å². The van der Waals surface area contributed by atoms with Gasteiger partial charge in [-0.2, -0.15) is 5.10 Å². The molecule has 1 aliphatic heterocycles. The van der Waals surface area contributed by atoms with Crippen molar-refractivity contribution in [3.8, 4) is 11.5 Å². The number of hydrogen-bond donors (Lipinski definition) is 1. The van der Waals surface area contributed by atoms with Crippen LogP contribution in [0.15, 0.2) is 48.5 Å². The normalized spacial score (nSPS) is 13.5. The third-order valence-electron chi connectivity index (χ3n) is 5.37. The van der Waals surface area contributed by atoms with Crippen molar-refractivity contribution >= 4 is 23.6 Å². The molecule has 1 aliphatic rings. The lowest BCUT2D eigenvalue weighted by Gasteiger charge is -2.13. The Morgan fingerprint density at radius 1 is 1.23 bits per heavy atom. The summed E-state index contributed by atoms with van der Waals surface area (Å²) in [6, 6.07) is 13.2. The van der Waals surface area contributed by atoms with E-state index in [-0.39, 0.29) is 18.7 Å². The average Bonchev–Trinajstić information content (AvgIpc) is 3.32. The van der Waals surface area contributed by atoms with Crippen molar-refractivity contribution in [3.63, 3.8) is 0 Å². The fraction of sp³-hybridized carbons (Fsp3) is 0.250. The lowest BCUT2D eigenvalue weighted by molar-refractivity contribution is -0.117. The Morgan fingerprint density at radius 2 is 2.00 bits per heavy atom. The Morgan fingerprint density at radius 3 is 2.81 bits per heavy atom. The summed E-state index contributed by atoms with van der Waals surface area (Å²) in [6.45, 7) is 6.66. The van der Waals surface area contributed by atoms with Gasteiger partial charge in [0, 0.05) is 22.4 Å². The van der Waals surface area contributed by atoms with Gasteiger partial charge >= 0.3 is 0 Å². The summed E-state index contributed by atoms with van der Waals surface area (Å²) in [7, 11) is 0. The zero-order valence-corrected chi connectivity index (χ0v) is 18.4. The van der Waals surface area contributed by atoms with E-state index in [2.05, 4.69) is 10.4 Å². The molecule has 1 amide bonds. The summed E-state index contributed by atoms with van der Waals surface area (Å²) in [5.41, 5.74) is 4.71. The van der Waals surface area contributed by atoms with Gasteiger partial charge < -0.3 is 14.8 Å². The quantitative estimate of drug-likeness (QED) is 0.561. The number of ether oxygens (including phenoxy) is 2. The molecule has 0 spiro atoms. The van der Waals surface area contributed by atoms with Gasteiger partial charge in [0.05, 0.1) is 18.3 Å². The molecule has 0 aliphatic carbocycles. The van der Waals surface area contributed by atoms with Crippen molar-refractivity contribution in [1.29, 1.82) is 0 Å². The summed E-state index contributed by atoms with van der Waals surface area (Å²) in [4.78, 5) is 12.5. The molecule has 0 radical (unpaired) electrons. The largest absolute Gasteiger partial charge is 0.454 e. The maximum atomic E-state index is 12.5. The van der Waals surface area contributed by atoms with Crippen LogP contribution in [0.1, 0.15) is 41.0 Å². The van der Waals surface area contributed by atoms with Crippen molar-refractivity contribution in [3.05, 3.63) is 81.6 Å². The maximum absolute atomic E-state index is 12.5. The summed E-state index contributed by atoms with van der Waals surface area (Å²) in [5.74, 6) is 1.25. The van der Waals surface area contributed by atoms with Crippen LogP contribution in [0.4, 0.5) is 0 Å². The fourth-order valence-corrected chi connectivity index (χ4v) is 3.78. The molecule has 0 bridgehead atoms. The highest BCUT2D eigenvalue weighted by Gasteiger charge is 2.17. The van der Waals surface area contributed by atoms with Gasteiger partial charge in [-0.05, 0) is 56.2 Å². The molecule has 6 nitrogen and oxygen atoms in total. The Kier molecular flexibility index (Phi) is 6.00. The Labute approximate surface area is 186 Å². The highest BCUT2D eigenvalue weighted by atomic mass is 35.5. The van der Waals surface area contributed by atoms with Gasteiger partial charge in [0.2, 0.25) is 12.7 Å². The SMILES string of the molecule is Cc1nn(Cc2ccccc2Cl)c(C)c1/C=C/C(=O)NC(C)c1ccc2c(c1)OCO2. The molecule has 1 unspecified atom stereocenters. The van der Waals surface area contributed by atoms with Crippen molar-refractivity contribution in [2.45, 2.75) is 33.4 Å². The molecule has 2 heterocycles. The predicted molar refractivity (Wildman–Crippen MR) is 120 cm³/mol. The number of halogens is 1. The second-order valence-corrected chi connectivity index (χ2v) is 7.92. The summed E-state index contributed by atoms with van der Waals surface area (Å²) in [6.07, 6.45) is 3.35. The van der Waals surface area contributed by atoms with E-state index >= 15 is 0 Å². The Hall–Kier alpha value is -3.25. The van der Waals surface area contributed by atoms with E-state index < -0.39 is 0 Å². The van der Waals surface area contributed by atoms with Gasteiger partial charge in [-0.15, -0.1) is 0 Å². The minimum absolute atomic E-state index is 0.170. The van der Waals surface area contributed by atoms with Crippen LogP contribution in [0.3, 0.4) is 0 Å². The van der Waals surface area contributed by atoms with Crippen molar-refractivity contribution in [2.75, 3.05) is 6.79 Å². The zero-order valence-electron chi connectivity index (χ0n) is 17.7. The monoisotopic (exact) mass is 437 g/mol. The number of rotatable bonds is 6. The van der Waals surface area contributed by atoms with Crippen molar-refractivity contribution in [2.24, 2.45) is 0 Å². The van der Waals surface area contributed by atoms with Crippen LogP contribution < -0.4 is 14.8 Å². The van der Waals surface area contributed by atoms with Gasteiger partial charge in [-0.25, -0.2) is 0 Å². The molecular weight excluding hydrogens is 414 g/mol. The molecule has 1 atom stereocenters. The van der Waals surface area contributed by atoms with Crippen LogP contribution in [0.25, 0.3) is 6.08 Å². The minimum atomic E-state index is -0.178. The lowest BCUT2D eigenvalue weighted by Crippen LogP contribution is -2.24. The molecule has 31 heavy (non-hydrogen) atoms. The summed E-state index contributed by atoms with van der Waals surface area (Å²) < 4.78 is 12.7. The predicted octanol–water partition coefficient (Wildman–Crippen LogP) is 4.82. The van der Waals surface area contributed by atoms with E-state index in [1.54, 1.807) is 6.08 Å². The molecule has 1 aromatic heterocycles. The van der Waals surface area contributed by atoms with Crippen LogP contribution in [-0.4, -0.2) is 22.5 Å². The number of fused-ring (bicyclic) bond motifs is 1. The van der Waals surface area contributed by atoms with E-state index in [1.165, 1.54) is 0 Å². The highest BCUT2D eigenvalue weighted by molar-refractivity contribution is 6.31. The van der Waals surface area contributed by atoms with Crippen LogP contribution in [0.2, 0.25) is 5.02 Å². The van der Waals surface area contributed by atoms with Gasteiger partial charge in [0.1, 0.15) is 0 Å². The molecule has 3 aromatic rings. The molecule has 4 rings (SSSR count). The summed E-state index contributed by atoms with van der Waals surface area (Å²) in [5, 5.41) is 8.31. The first-order valence-corrected chi connectivity index (χ1v) is 10.5. The molecular formula is C24H24ClN3O3. The molecule has 1 N–H and O–H groups in total. The van der Waals surface area contributed by atoms with Crippen LogP contribution in [-0.2, 0) is 11.3 Å². The number of nitrogens with one attached hydrogen (secondary N) is 1. The Balaban J connectivity index is 1.44. The van der Waals surface area contributed by atoms with E-state index in [9.17, 15) is 4.79 Å². The van der Waals surface area contributed by atoms with Crippen molar-refractivity contribution < 1.29 is 14.3 Å². The molecule has 160 valence electrons. The first kappa shape index (κ1) is 21.0. The van der Waals surface area contributed by atoms with Crippen LogP contribution in [0.5, 0.6) is 11.5 Å². The third-order valence-corrected chi connectivity index (χ3v) is 5.74. The summed E-state index contributed by atoms with van der Waals surface area (Å²) >= 11 is 6.28. The smallest absolute Gasteiger partial charge is 0.244 e. The highest BCUT2D eigenvalue weighted by Crippen LogP contribution is 2.34. The van der Waals surface area contributed by atoms with Crippen molar-refractivity contribution in [1.82, 2.24) is 15.1 Å². The maximum Gasteiger partial charge on any atom is 0.244 e. The van der Waals surface area contributed by atoms with E-state index in [0.717, 1.165) is 33.8 Å². The van der Waals surface area contributed by atoms with Crippen LogP contribution in [0, 0.1) is 13.8 Å². The minimum Gasteiger partial charge on any atom is -0.454 e. The number of aryl methyl sites for hydroxylation is 1. The molecule has 0 fully saturated rings. The number of carbonyl (C=O) groups is 1. The second-order valence-electron chi connectivity index (χ2n) is 7.51. The lowest BCUT2D eigenvalue weighted by atomic mass is 10.1. The van der Waals surface area contributed by atoms with E-state index in [1.807, 2.05) is 74.0 Å². The number of hydrogen-bond acceptors (Lipinski definition) is 4. The van der Waals surface area contributed by atoms with E-state index in [4.69, 9.17) is 21.1 Å². The molecule has 0 saturated carbocycles. The average molecular weight is 438 g/mol. The standard InChI is InChI=1S/C24H24ClN3O3/c1-15(18-8-10-22-23(12-18)31-14-30-22)26-24(29)11-9-20-16(2)27-28(17(20)3)13-19-6-4-5-7-21(19)25/h4-12,15H,13-14H2,1-3H3,(H,26,29)/b11-9+. The molecule has 7 heteroatoms. The number of benzene rings is 2. The molecule has 2 aromatic carbocycles. The fourth-order valence-electron chi connectivity index (χ4n) is 3.58. The number of nitrogens with zero attached hydrogens (tertiary/aromatic N) is 2. The van der Waals surface area contributed by atoms with Crippen LogP contribution >= 0.6 is 11.6 Å². The molecule has 0 saturated heterocycles. The third kappa shape index (κ3) is 4.59. The Bertz CT molecular complexity index is 1150. The zero-order chi connectivity index (χ0) is 22.0. The van der Waals surface area contributed by atoms with Gasteiger partial charge in [0.25, 0.3) is 0 Å². The number of carbonyl (C=O) groups excluding carboxylic acids is 1. The number of amides is 1. The van der Waals surface area contributed by atoms with Gasteiger partial charge in [-0.3, -0.25) is 9.48 Å². The first-order chi connectivity index (χ1) is 14.9. The van der Waals surface area contributed by atoms with Gasteiger partial charge in [-0.1, -0.05) is 35.9 Å². The van der Waals surface area contributed by atoms with Gasteiger partial charge in [0.15, 0.2) is 11.5 Å².